The highest BCUT2D eigenvalue weighted by Gasteiger charge is 2.71. The third kappa shape index (κ3) is 3.92. The molecule has 6 rings (SSSR count). The van der Waals surface area contributed by atoms with Crippen molar-refractivity contribution in [3.05, 3.63) is 70.3 Å². The second-order valence-corrected chi connectivity index (χ2v) is 9.96. The van der Waals surface area contributed by atoms with Crippen molar-refractivity contribution in [2.24, 2.45) is 0 Å². The van der Waals surface area contributed by atoms with Gasteiger partial charge in [-0.2, -0.15) is 26.3 Å². The molecule has 0 saturated carbocycles. The van der Waals surface area contributed by atoms with Crippen LogP contribution in [0.25, 0.3) is 57.0 Å². The molecule has 10 heteroatoms. The summed E-state index contributed by atoms with van der Waals surface area (Å²) < 4.78 is 93.1. The molecule has 2 aliphatic rings. The normalized spacial score (nSPS) is 15.0. The zero-order chi connectivity index (χ0) is 29.5. The van der Waals surface area contributed by atoms with Crippen LogP contribution in [0.2, 0.25) is 0 Å². The number of hydrogen-bond acceptors (Lipinski definition) is 4. The Hall–Kier alpha value is -4.02. The van der Waals surface area contributed by atoms with E-state index in [1.807, 2.05) is 43.3 Å². The Morgan fingerprint density at radius 3 is 2.05 bits per heavy atom. The zero-order valence-corrected chi connectivity index (χ0v) is 21.6. The first-order valence-corrected chi connectivity index (χ1v) is 12.7. The lowest BCUT2D eigenvalue weighted by Gasteiger charge is -2.33. The van der Waals surface area contributed by atoms with Gasteiger partial charge in [-0.1, -0.05) is 36.4 Å². The lowest BCUT2D eigenvalue weighted by molar-refractivity contribution is -0.376. The molecule has 0 radical (unpaired) electrons. The number of hydrogen-bond donors (Lipinski definition) is 2. The van der Waals surface area contributed by atoms with E-state index >= 15 is 0 Å². The molecule has 0 saturated heterocycles. The molecule has 0 aliphatic heterocycles. The molecule has 4 aromatic rings. The average molecular weight is 573 g/mol. The number of benzene rings is 4. The molecule has 0 heterocycles. The minimum absolute atomic E-state index is 0.0191. The van der Waals surface area contributed by atoms with Gasteiger partial charge in [-0.25, -0.2) is 0 Å². The van der Waals surface area contributed by atoms with Gasteiger partial charge >= 0.3 is 12.4 Å². The van der Waals surface area contributed by atoms with E-state index in [-0.39, 0.29) is 16.3 Å². The first-order chi connectivity index (χ1) is 19.3. The minimum atomic E-state index is -6.05. The highest BCUT2D eigenvalue weighted by Crippen LogP contribution is 2.53. The molecule has 0 fully saturated rings. The van der Waals surface area contributed by atoms with Gasteiger partial charge in [0.15, 0.2) is 6.29 Å². The average Bonchev–Trinajstić information content (AvgIpc) is 3.52. The summed E-state index contributed by atoms with van der Waals surface area (Å²) in [6.45, 7) is 4.13. The fourth-order valence-corrected chi connectivity index (χ4v) is 5.74. The smallest absolute Gasteiger partial charge is 0.430 e. The highest BCUT2D eigenvalue weighted by atomic mass is 19.4. The van der Waals surface area contributed by atoms with Gasteiger partial charge in [-0.15, -0.1) is 0 Å². The van der Waals surface area contributed by atoms with Gasteiger partial charge in [0.2, 0.25) is 0 Å². The van der Waals surface area contributed by atoms with Crippen LogP contribution in [0.5, 0.6) is 11.5 Å². The Labute approximate surface area is 229 Å². The van der Waals surface area contributed by atoms with Gasteiger partial charge in [0.25, 0.3) is 5.60 Å². The maximum Gasteiger partial charge on any atom is 0.430 e. The molecular weight excluding hydrogens is 550 g/mol. The summed E-state index contributed by atoms with van der Waals surface area (Å²) in [4.78, 5) is 0. The van der Waals surface area contributed by atoms with Crippen molar-refractivity contribution in [3.63, 3.8) is 0 Å². The molecule has 0 bridgehead atoms. The summed E-state index contributed by atoms with van der Waals surface area (Å²) >= 11 is 0. The minimum Gasteiger partial charge on any atom is -0.507 e. The standard InChI is InChI=1S/C31H22F6O4/c1-3-40-15(2)41-26-11-6-16-4-7-20-19(9-10-22(26)27(16)20)23-14-25(38)24-13-18(12-17-5-8-21(23)28(17)24)29(39,30(32,33)34)31(35,36)37/h4-15,38-39H,3H2,1-2H3. The predicted molar refractivity (Wildman–Crippen MR) is 144 cm³/mol. The zero-order valence-electron chi connectivity index (χ0n) is 21.6. The van der Waals surface area contributed by atoms with Gasteiger partial charge in [-0.05, 0) is 77.6 Å². The van der Waals surface area contributed by atoms with Crippen LogP contribution in [0.3, 0.4) is 0 Å². The first kappa shape index (κ1) is 27.2. The van der Waals surface area contributed by atoms with E-state index in [9.17, 15) is 36.6 Å². The Kier molecular flexibility index (Phi) is 5.96. The van der Waals surface area contributed by atoms with Gasteiger partial charge in [0.05, 0.1) is 0 Å². The molecule has 4 nitrogen and oxygen atoms in total. The third-order valence-electron chi connectivity index (χ3n) is 7.58. The van der Waals surface area contributed by atoms with Gasteiger partial charge < -0.3 is 19.7 Å². The molecule has 41 heavy (non-hydrogen) atoms. The number of halogens is 6. The Morgan fingerprint density at radius 1 is 0.756 bits per heavy atom. The van der Waals surface area contributed by atoms with Crippen LogP contribution in [-0.2, 0) is 10.3 Å². The lowest BCUT2D eigenvalue weighted by atomic mass is 9.86. The summed E-state index contributed by atoms with van der Waals surface area (Å²) in [6, 6.07) is 9.99. The van der Waals surface area contributed by atoms with E-state index < -0.39 is 35.6 Å². The van der Waals surface area contributed by atoms with E-state index in [1.165, 1.54) is 12.1 Å². The summed E-state index contributed by atoms with van der Waals surface area (Å²) in [5, 5.41) is 22.7. The largest absolute Gasteiger partial charge is 0.507 e. The van der Waals surface area contributed by atoms with Crippen LogP contribution in [0.4, 0.5) is 26.3 Å². The summed E-state index contributed by atoms with van der Waals surface area (Å²) in [7, 11) is 0. The van der Waals surface area contributed by atoms with Crippen molar-refractivity contribution in [2.75, 3.05) is 6.61 Å². The predicted octanol–water partition coefficient (Wildman–Crippen LogP) is 8.41. The van der Waals surface area contributed by atoms with Crippen molar-refractivity contribution in [2.45, 2.75) is 38.1 Å². The number of aromatic hydroxyl groups is 1. The maximum absolute atomic E-state index is 13.6. The molecule has 0 spiro atoms. The topological polar surface area (TPSA) is 58.9 Å². The quantitative estimate of drug-likeness (QED) is 0.155. The molecule has 2 N–H and O–H groups in total. The molecule has 0 amide bonds. The van der Waals surface area contributed by atoms with Gasteiger partial charge in [0.1, 0.15) is 11.5 Å². The van der Waals surface area contributed by atoms with E-state index in [0.717, 1.165) is 21.9 Å². The van der Waals surface area contributed by atoms with Gasteiger partial charge in [-0.3, -0.25) is 0 Å². The summed E-state index contributed by atoms with van der Waals surface area (Å²) in [6.07, 6.45) is -5.78. The summed E-state index contributed by atoms with van der Waals surface area (Å²) in [5.74, 6) is 0.0954. The van der Waals surface area contributed by atoms with Crippen molar-refractivity contribution < 1.29 is 46.0 Å². The number of rotatable bonds is 6. The van der Waals surface area contributed by atoms with Crippen molar-refractivity contribution in [3.8, 4) is 22.6 Å². The molecule has 1 unspecified atom stereocenters. The van der Waals surface area contributed by atoms with Crippen LogP contribution in [0, 0.1) is 0 Å². The maximum atomic E-state index is 13.6. The molecule has 2 aliphatic carbocycles. The first-order valence-electron chi connectivity index (χ1n) is 12.7. The lowest BCUT2D eigenvalue weighted by Crippen LogP contribution is -2.53. The Morgan fingerprint density at radius 2 is 1.39 bits per heavy atom. The second kappa shape index (κ2) is 8.99. The van der Waals surface area contributed by atoms with Crippen LogP contribution in [-0.4, -0.2) is 35.5 Å². The van der Waals surface area contributed by atoms with Gasteiger partial charge in [0, 0.05) is 33.7 Å². The molecule has 1 atom stereocenters. The SMILES string of the molecule is CCOC(C)Oc1ccc2c3c(c(-c4cc(O)c5cc(C(O)(C(F)(F)F)C(F)(F)F)cc6c5c4C=C6)ccc13)C=C2. The summed E-state index contributed by atoms with van der Waals surface area (Å²) in [5.41, 5.74) is -2.98. The number of ether oxygens (including phenoxy) is 2. The van der Waals surface area contributed by atoms with E-state index in [0.29, 0.717) is 41.2 Å². The molecule has 4 aromatic carbocycles. The van der Waals surface area contributed by atoms with E-state index in [4.69, 9.17) is 9.47 Å². The number of alkyl halides is 6. The van der Waals surface area contributed by atoms with E-state index in [1.54, 1.807) is 13.0 Å². The van der Waals surface area contributed by atoms with Crippen molar-refractivity contribution in [1.82, 2.24) is 0 Å². The fourth-order valence-electron chi connectivity index (χ4n) is 5.74. The van der Waals surface area contributed by atoms with Crippen LogP contribution >= 0.6 is 0 Å². The van der Waals surface area contributed by atoms with Crippen molar-refractivity contribution in [1.29, 1.82) is 0 Å². The number of phenols is 1. The van der Waals surface area contributed by atoms with Crippen molar-refractivity contribution >= 4 is 45.8 Å². The second-order valence-electron chi connectivity index (χ2n) is 9.96. The third-order valence-corrected chi connectivity index (χ3v) is 7.58. The molecule has 212 valence electrons. The van der Waals surface area contributed by atoms with Crippen LogP contribution in [0.15, 0.2) is 42.5 Å². The number of aliphatic hydroxyl groups is 1. The Balaban J connectivity index is 1.54. The van der Waals surface area contributed by atoms with Crippen LogP contribution in [0.1, 0.15) is 41.7 Å². The fraction of sp³-hybridized carbons (Fsp3) is 0.226. The monoisotopic (exact) mass is 572 g/mol. The van der Waals surface area contributed by atoms with Crippen LogP contribution < -0.4 is 4.74 Å². The van der Waals surface area contributed by atoms with E-state index in [2.05, 4.69) is 0 Å². The highest BCUT2D eigenvalue weighted by molar-refractivity contribution is 6.15. The Bertz CT molecular complexity index is 1790. The number of phenolic OH excluding ortho intramolecular Hbond substituents is 1. The molecule has 0 aromatic heterocycles. The molecular formula is C31H22F6O4.